The number of carbonyl (C=O) groups is 1. The summed E-state index contributed by atoms with van der Waals surface area (Å²) < 4.78 is 1.56. The number of nitrogens with two attached hydrogens (primary N) is 1. The molecule has 2 heterocycles. The molecule has 24 heavy (non-hydrogen) atoms. The van der Waals surface area contributed by atoms with Gasteiger partial charge >= 0.3 is 0 Å². The quantitative estimate of drug-likeness (QED) is 0.934. The number of rotatable bonds is 4. The number of nitrogens with zero attached hydrogens (tertiary/aromatic N) is 4. The second kappa shape index (κ2) is 5.92. The van der Waals surface area contributed by atoms with E-state index in [4.69, 9.17) is 5.73 Å². The highest BCUT2D eigenvalue weighted by molar-refractivity contribution is 5.79. The number of anilines is 1. The number of hydrogen-bond acceptors (Lipinski definition) is 4. The average molecular weight is 325 g/mol. The largest absolute Gasteiger partial charge is 0.368 e. The zero-order valence-corrected chi connectivity index (χ0v) is 14.0. The lowest BCUT2D eigenvalue weighted by Gasteiger charge is -2.22. The van der Waals surface area contributed by atoms with Gasteiger partial charge in [0.1, 0.15) is 0 Å². The fraction of sp³-hybridized carbons (Fsp3) is 0.500. The lowest BCUT2D eigenvalue weighted by Crippen LogP contribution is -2.32. The monoisotopic (exact) mass is 325 g/mol. The van der Waals surface area contributed by atoms with Crippen molar-refractivity contribution < 1.29 is 4.79 Å². The number of nitrogen functional groups attached to an aromatic ring is 1. The molecule has 2 fully saturated rings. The Morgan fingerprint density at radius 2 is 2.17 bits per heavy atom. The Kier molecular flexibility index (Phi) is 3.75. The number of aromatic nitrogens is 3. The zero-order chi connectivity index (χ0) is 16.7. The van der Waals surface area contributed by atoms with Crippen molar-refractivity contribution >= 4 is 11.9 Å². The van der Waals surface area contributed by atoms with Crippen LogP contribution in [-0.2, 0) is 18.3 Å². The summed E-state index contributed by atoms with van der Waals surface area (Å²) in [7, 11) is 1.77. The Bertz CT molecular complexity index is 745. The van der Waals surface area contributed by atoms with Crippen LogP contribution >= 0.6 is 0 Å². The molecule has 6 nitrogen and oxygen atoms in total. The van der Waals surface area contributed by atoms with Crippen molar-refractivity contribution in [3.05, 3.63) is 41.2 Å². The Labute approximate surface area is 141 Å². The molecule has 1 aromatic heterocycles. The van der Waals surface area contributed by atoms with Gasteiger partial charge in [-0.25, -0.2) is 4.68 Å². The summed E-state index contributed by atoms with van der Waals surface area (Å²) in [6, 6.07) is 8.43. The van der Waals surface area contributed by atoms with Crippen LogP contribution in [-0.4, -0.2) is 32.1 Å². The van der Waals surface area contributed by atoms with E-state index < -0.39 is 0 Å². The summed E-state index contributed by atoms with van der Waals surface area (Å²) >= 11 is 0. The molecule has 0 bridgehead atoms. The third-order valence-corrected chi connectivity index (χ3v) is 5.04. The highest BCUT2D eigenvalue weighted by atomic mass is 16.2. The first-order valence-electron chi connectivity index (χ1n) is 8.66. The van der Waals surface area contributed by atoms with Gasteiger partial charge in [0.2, 0.25) is 11.9 Å². The van der Waals surface area contributed by atoms with Gasteiger partial charge in [-0.15, -0.1) is 0 Å². The molecule has 0 radical (unpaired) electrons. The minimum Gasteiger partial charge on any atom is -0.368 e. The van der Waals surface area contributed by atoms with Crippen molar-refractivity contribution in [2.75, 3.05) is 12.3 Å². The zero-order valence-electron chi connectivity index (χ0n) is 14.0. The molecule has 1 amide bonds. The normalized spacial score (nSPS) is 20.5. The van der Waals surface area contributed by atoms with Gasteiger partial charge in [-0.05, 0) is 42.7 Å². The fourth-order valence-electron chi connectivity index (χ4n) is 3.54. The van der Waals surface area contributed by atoms with E-state index in [1.807, 2.05) is 11.0 Å². The van der Waals surface area contributed by atoms with Crippen LogP contribution in [0, 0.1) is 0 Å². The van der Waals surface area contributed by atoms with Gasteiger partial charge in [-0.2, -0.15) is 10.1 Å². The molecule has 1 saturated carbocycles. The Hall–Kier alpha value is -2.37. The Morgan fingerprint density at radius 3 is 2.88 bits per heavy atom. The Balaban J connectivity index is 1.49. The highest BCUT2D eigenvalue weighted by Crippen LogP contribution is 2.40. The molecule has 1 unspecified atom stereocenters. The van der Waals surface area contributed by atoms with Crippen LogP contribution in [0.15, 0.2) is 24.3 Å². The molecular formula is C18H23N5O. The van der Waals surface area contributed by atoms with Crippen LogP contribution in [0.25, 0.3) is 0 Å². The summed E-state index contributed by atoms with van der Waals surface area (Å²) in [6.07, 6.45) is 4.88. The third kappa shape index (κ3) is 2.88. The predicted molar refractivity (Wildman–Crippen MR) is 91.2 cm³/mol. The van der Waals surface area contributed by atoms with Crippen molar-refractivity contribution in [3.8, 4) is 0 Å². The van der Waals surface area contributed by atoms with Crippen LogP contribution in [0.4, 0.5) is 5.95 Å². The summed E-state index contributed by atoms with van der Waals surface area (Å²) in [6.45, 7) is 0.768. The van der Waals surface area contributed by atoms with E-state index in [1.54, 1.807) is 11.7 Å². The van der Waals surface area contributed by atoms with Crippen molar-refractivity contribution in [3.63, 3.8) is 0 Å². The SMILES string of the molecule is Cn1nc(C2CCCN2C(=O)Cc2cccc(C3CC3)c2)nc1N. The van der Waals surface area contributed by atoms with Crippen LogP contribution in [0.1, 0.15) is 54.6 Å². The maximum Gasteiger partial charge on any atom is 0.227 e. The van der Waals surface area contributed by atoms with Crippen LogP contribution in [0.3, 0.4) is 0 Å². The fourth-order valence-corrected chi connectivity index (χ4v) is 3.54. The Morgan fingerprint density at radius 1 is 1.33 bits per heavy atom. The predicted octanol–water partition coefficient (Wildman–Crippen LogP) is 2.18. The van der Waals surface area contributed by atoms with Crippen LogP contribution in [0.5, 0.6) is 0 Å². The summed E-state index contributed by atoms with van der Waals surface area (Å²) in [5.74, 6) is 1.91. The molecular weight excluding hydrogens is 302 g/mol. The molecule has 1 aliphatic carbocycles. The molecule has 4 rings (SSSR count). The van der Waals surface area contributed by atoms with Crippen molar-refractivity contribution in [2.45, 2.75) is 44.1 Å². The minimum atomic E-state index is -0.0485. The number of carbonyl (C=O) groups excluding carboxylic acids is 1. The lowest BCUT2D eigenvalue weighted by molar-refractivity contribution is -0.131. The number of amides is 1. The van der Waals surface area contributed by atoms with Crippen molar-refractivity contribution in [1.29, 1.82) is 0 Å². The van der Waals surface area contributed by atoms with Crippen LogP contribution < -0.4 is 5.73 Å². The molecule has 0 spiro atoms. The minimum absolute atomic E-state index is 0.0485. The van der Waals surface area contributed by atoms with E-state index in [-0.39, 0.29) is 11.9 Å². The van der Waals surface area contributed by atoms with E-state index in [1.165, 1.54) is 18.4 Å². The number of aryl methyl sites for hydroxylation is 1. The molecule has 1 saturated heterocycles. The lowest BCUT2D eigenvalue weighted by atomic mass is 10.0. The van der Waals surface area contributed by atoms with E-state index in [0.29, 0.717) is 24.1 Å². The van der Waals surface area contributed by atoms with E-state index in [9.17, 15) is 4.79 Å². The van der Waals surface area contributed by atoms with Gasteiger partial charge < -0.3 is 10.6 Å². The third-order valence-electron chi connectivity index (χ3n) is 5.04. The summed E-state index contributed by atoms with van der Waals surface area (Å²) in [4.78, 5) is 19.0. The van der Waals surface area contributed by atoms with E-state index in [2.05, 4.69) is 28.3 Å². The molecule has 1 aliphatic heterocycles. The van der Waals surface area contributed by atoms with E-state index >= 15 is 0 Å². The van der Waals surface area contributed by atoms with Gasteiger partial charge in [0.15, 0.2) is 5.82 Å². The molecule has 2 aromatic rings. The van der Waals surface area contributed by atoms with Gasteiger partial charge in [0, 0.05) is 13.6 Å². The number of hydrogen-bond donors (Lipinski definition) is 1. The first kappa shape index (κ1) is 15.2. The maximum absolute atomic E-state index is 12.8. The van der Waals surface area contributed by atoms with E-state index in [0.717, 1.165) is 24.9 Å². The van der Waals surface area contributed by atoms with Crippen molar-refractivity contribution in [1.82, 2.24) is 19.7 Å². The second-order valence-corrected chi connectivity index (χ2v) is 6.89. The topological polar surface area (TPSA) is 77.0 Å². The van der Waals surface area contributed by atoms with Crippen LogP contribution in [0.2, 0.25) is 0 Å². The van der Waals surface area contributed by atoms with Gasteiger partial charge in [0.25, 0.3) is 0 Å². The van der Waals surface area contributed by atoms with Gasteiger partial charge in [0.05, 0.1) is 12.5 Å². The highest BCUT2D eigenvalue weighted by Gasteiger charge is 2.33. The standard InChI is InChI=1S/C18H23N5O/c1-22-18(19)20-17(21-22)15-6-3-9-23(15)16(24)11-12-4-2-5-14(10-12)13-7-8-13/h2,4-5,10,13,15H,3,6-9,11H2,1H3,(H2,19,20,21). The molecule has 126 valence electrons. The molecule has 1 atom stereocenters. The number of likely N-dealkylation sites (tertiary alicyclic amines) is 1. The number of benzene rings is 1. The average Bonchev–Trinajstić information content (AvgIpc) is 3.21. The van der Waals surface area contributed by atoms with Crippen molar-refractivity contribution in [2.24, 2.45) is 7.05 Å². The molecule has 2 N–H and O–H groups in total. The molecule has 6 heteroatoms. The second-order valence-electron chi connectivity index (χ2n) is 6.89. The van der Waals surface area contributed by atoms with Gasteiger partial charge in [-0.1, -0.05) is 24.3 Å². The smallest absolute Gasteiger partial charge is 0.227 e. The first-order valence-corrected chi connectivity index (χ1v) is 8.66. The summed E-state index contributed by atoms with van der Waals surface area (Å²) in [5, 5.41) is 4.36. The first-order chi connectivity index (χ1) is 11.6. The molecule has 1 aromatic carbocycles. The maximum atomic E-state index is 12.8. The molecule has 2 aliphatic rings. The summed E-state index contributed by atoms with van der Waals surface area (Å²) in [5.41, 5.74) is 8.26. The van der Waals surface area contributed by atoms with Gasteiger partial charge in [-0.3, -0.25) is 4.79 Å².